The van der Waals surface area contributed by atoms with Gasteiger partial charge in [0.25, 0.3) is 0 Å². The highest BCUT2D eigenvalue weighted by Crippen LogP contribution is 2.52. The molecule has 30 heavy (non-hydrogen) atoms. The number of halogens is 2. The maximum absolute atomic E-state index is 13.4. The van der Waals surface area contributed by atoms with Gasteiger partial charge in [0.05, 0.1) is 11.5 Å². The van der Waals surface area contributed by atoms with Gasteiger partial charge in [-0.05, 0) is 68.9 Å². The molecule has 0 bridgehead atoms. The van der Waals surface area contributed by atoms with Gasteiger partial charge in [0.2, 0.25) is 0 Å². The van der Waals surface area contributed by atoms with Crippen molar-refractivity contribution < 1.29 is 4.39 Å². The second-order valence-corrected chi connectivity index (χ2v) is 8.49. The Morgan fingerprint density at radius 3 is 2.40 bits per heavy atom. The lowest BCUT2D eigenvalue weighted by molar-refractivity contribution is 0.606. The standard InChI is InChI=1S/C25H26FN3.ClH/c1-16-17(2)27-24(25(13-14-25)20-8-10-21(26)11-9-20)28-23(16)29-15-12-19-6-4-5-7-22(19)18(29)3;/h4-11,18H,12-15H2,1-3H3;1H. The van der Waals surface area contributed by atoms with Crippen LogP contribution in [0.3, 0.4) is 0 Å². The molecule has 1 atom stereocenters. The van der Waals surface area contributed by atoms with Gasteiger partial charge in [0, 0.05) is 17.8 Å². The smallest absolute Gasteiger partial charge is 0.141 e. The number of nitrogens with zero attached hydrogens (tertiary/aromatic N) is 3. The first-order valence-electron chi connectivity index (χ1n) is 10.5. The molecular formula is C25H27ClFN3. The summed E-state index contributed by atoms with van der Waals surface area (Å²) in [5, 5.41) is 0. The number of benzene rings is 2. The van der Waals surface area contributed by atoms with Crippen molar-refractivity contribution in [3.63, 3.8) is 0 Å². The highest BCUT2D eigenvalue weighted by atomic mass is 35.5. The molecule has 1 unspecified atom stereocenters. The predicted molar refractivity (Wildman–Crippen MR) is 121 cm³/mol. The normalized spacial score (nSPS) is 19.1. The summed E-state index contributed by atoms with van der Waals surface area (Å²) in [5.74, 6) is 1.73. The molecule has 0 amide bonds. The number of aromatic nitrogens is 2. The van der Waals surface area contributed by atoms with Gasteiger partial charge < -0.3 is 4.90 Å². The Morgan fingerprint density at radius 2 is 1.70 bits per heavy atom. The third-order valence-corrected chi connectivity index (χ3v) is 6.81. The fourth-order valence-corrected chi connectivity index (χ4v) is 4.70. The molecule has 1 aliphatic carbocycles. The van der Waals surface area contributed by atoms with Gasteiger partial charge in [-0.25, -0.2) is 14.4 Å². The quantitative estimate of drug-likeness (QED) is 0.528. The van der Waals surface area contributed by atoms with Crippen molar-refractivity contribution in [3.8, 4) is 0 Å². The zero-order valence-corrected chi connectivity index (χ0v) is 18.5. The number of fused-ring (bicyclic) bond motifs is 1. The Bertz CT molecular complexity index is 1080. The highest BCUT2D eigenvalue weighted by molar-refractivity contribution is 5.85. The average molecular weight is 424 g/mol. The number of rotatable bonds is 3. The SMILES string of the molecule is Cc1nc(C2(c3ccc(F)cc3)CC2)nc(N2CCc3ccccc3C2C)c1C.Cl. The zero-order chi connectivity index (χ0) is 20.2. The average Bonchev–Trinajstić information content (AvgIpc) is 3.53. The van der Waals surface area contributed by atoms with Crippen molar-refractivity contribution >= 4 is 18.2 Å². The first-order chi connectivity index (χ1) is 14.0. The summed E-state index contributed by atoms with van der Waals surface area (Å²) < 4.78 is 13.4. The van der Waals surface area contributed by atoms with E-state index in [0.717, 1.165) is 54.3 Å². The van der Waals surface area contributed by atoms with Gasteiger partial charge in [-0.15, -0.1) is 12.4 Å². The van der Waals surface area contributed by atoms with Crippen LogP contribution in [0.2, 0.25) is 0 Å². The second-order valence-electron chi connectivity index (χ2n) is 8.49. The third-order valence-electron chi connectivity index (χ3n) is 6.81. The summed E-state index contributed by atoms with van der Waals surface area (Å²) in [5.41, 5.74) is 5.95. The van der Waals surface area contributed by atoms with E-state index in [9.17, 15) is 4.39 Å². The van der Waals surface area contributed by atoms with E-state index < -0.39 is 0 Å². The number of anilines is 1. The molecule has 5 heteroatoms. The molecule has 1 fully saturated rings. The van der Waals surface area contributed by atoms with E-state index in [1.54, 1.807) is 12.1 Å². The molecule has 0 spiro atoms. The molecule has 156 valence electrons. The van der Waals surface area contributed by atoms with Crippen molar-refractivity contribution in [3.05, 3.63) is 88.1 Å². The van der Waals surface area contributed by atoms with Crippen LogP contribution >= 0.6 is 12.4 Å². The van der Waals surface area contributed by atoms with Gasteiger partial charge in [0.1, 0.15) is 17.5 Å². The largest absolute Gasteiger partial charge is 0.349 e. The Morgan fingerprint density at radius 1 is 1.00 bits per heavy atom. The van der Waals surface area contributed by atoms with Crippen LogP contribution in [0, 0.1) is 19.7 Å². The van der Waals surface area contributed by atoms with E-state index >= 15 is 0 Å². The fourth-order valence-electron chi connectivity index (χ4n) is 4.70. The minimum Gasteiger partial charge on any atom is -0.349 e. The number of hydrogen-bond acceptors (Lipinski definition) is 3. The second kappa shape index (κ2) is 7.66. The molecule has 1 aliphatic heterocycles. The van der Waals surface area contributed by atoms with Crippen LogP contribution in [0.5, 0.6) is 0 Å². The monoisotopic (exact) mass is 423 g/mol. The van der Waals surface area contributed by atoms with Crippen LogP contribution in [0.15, 0.2) is 48.5 Å². The van der Waals surface area contributed by atoms with Gasteiger partial charge in [-0.2, -0.15) is 0 Å². The van der Waals surface area contributed by atoms with E-state index in [1.165, 1.54) is 11.1 Å². The van der Waals surface area contributed by atoms with Crippen molar-refractivity contribution in [2.24, 2.45) is 0 Å². The summed E-state index contributed by atoms with van der Waals surface area (Å²) >= 11 is 0. The van der Waals surface area contributed by atoms with Crippen LogP contribution in [0.25, 0.3) is 0 Å². The first-order valence-corrected chi connectivity index (χ1v) is 10.5. The molecular weight excluding hydrogens is 397 g/mol. The summed E-state index contributed by atoms with van der Waals surface area (Å²) in [4.78, 5) is 12.5. The van der Waals surface area contributed by atoms with E-state index in [-0.39, 0.29) is 29.7 Å². The van der Waals surface area contributed by atoms with Crippen molar-refractivity contribution in [1.29, 1.82) is 0 Å². The summed E-state index contributed by atoms with van der Waals surface area (Å²) in [7, 11) is 0. The van der Waals surface area contributed by atoms with Crippen LogP contribution < -0.4 is 4.90 Å². The maximum atomic E-state index is 13.4. The molecule has 0 saturated heterocycles. The molecule has 0 radical (unpaired) electrons. The Balaban J connectivity index is 0.00000218. The third kappa shape index (κ3) is 3.27. The molecule has 5 rings (SSSR count). The van der Waals surface area contributed by atoms with Gasteiger partial charge >= 0.3 is 0 Å². The van der Waals surface area contributed by atoms with Gasteiger partial charge in [-0.1, -0.05) is 36.4 Å². The Kier molecular flexibility index (Phi) is 5.31. The van der Waals surface area contributed by atoms with Crippen molar-refractivity contribution in [2.75, 3.05) is 11.4 Å². The van der Waals surface area contributed by atoms with E-state index in [1.807, 2.05) is 12.1 Å². The van der Waals surface area contributed by atoms with Crippen LogP contribution in [0.1, 0.15) is 59.6 Å². The summed E-state index contributed by atoms with van der Waals surface area (Å²) in [6.07, 6.45) is 3.05. The van der Waals surface area contributed by atoms with Crippen molar-refractivity contribution in [1.82, 2.24) is 9.97 Å². The maximum Gasteiger partial charge on any atom is 0.141 e. The Labute approximate surface area is 183 Å². The zero-order valence-electron chi connectivity index (χ0n) is 17.7. The summed E-state index contributed by atoms with van der Waals surface area (Å²) in [6, 6.07) is 15.9. The van der Waals surface area contributed by atoms with Crippen LogP contribution in [-0.4, -0.2) is 16.5 Å². The minimum absolute atomic E-state index is 0. The van der Waals surface area contributed by atoms with E-state index in [2.05, 4.69) is 49.9 Å². The van der Waals surface area contributed by atoms with Crippen LogP contribution in [-0.2, 0) is 11.8 Å². The Hall–Kier alpha value is -2.46. The van der Waals surface area contributed by atoms with Crippen LogP contribution in [0.4, 0.5) is 10.2 Å². The fraction of sp³-hybridized carbons (Fsp3) is 0.360. The summed E-state index contributed by atoms with van der Waals surface area (Å²) in [6.45, 7) is 7.42. The van der Waals surface area contributed by atoms with Crippen molar-refractivity contribution in [2.45, 2.75) is 51.5 Å². The molecule has 1 aromatic heterocycles. The molecule has 2 aromatic carbocycles. The lowest BCUT2D eigenvalue weighted by Crippen LogP contribution is -2.35. The number of hydrogen-bond donors (Lipinski definition) is 0. The molecule has 2 aliphatic rings. The highest BCUT2D eigenvalue weighted by Gasteiger charge is 2.49. The van der Waals surface area contributed by atoms with E-state index in [4.69, 9.17) is 9.97 Å². The molecule has 3 aromatic rings. The van der Waals surface area contributed by atoms with E-state index in [0.29, 0.717) is 0 Å². The predicted octanol–water partition coefficient (Wildman–Crippen LogP) is 5.86. The minimum atomic E-state index is -0.202. The molecule has 2 heterocycles. The topological polar surface area (TPSA) is 29.0 Å². The lowest BCUT2D eigenvalue weighted by atomic mass is 9.92. The molecule has 1 saturated carbocycles. The number of aryl methyl sites for hydroxylation is 1. The van der Waals surface area contributed by atoms with Gasteiger partial charge in [-0.3, -0.25) is 0 Å². The van der Waals surface area contributed by atoms with Gasteiger partial charge in [0.15, 0.2) is 0 Å². The first kappa shape index (κ1) is 20.8. The molecule has 3 nitrogen and oxygen atoms in total. The molecule has 0 N–H and O–H groups in total. The lowest BCUT2D eigenvalue weighted by Gasteiger charge is -2.37.